The molecule has 20 heavy (non-hydrogen) atoms. The summed E-state index contributed by atoms with van der Waals surface area (Å²) in [7, 11) is 1.31. The van der Waals surface area contributed by atoms with Crippen LogP contribution in [0, 0.1) is 5.82 Å². The number of rotatable bonds is 3. The molecule has 0 spiro atoms. The Balaban J connectivity index is 2.61. The number of carbonyl (C=O) groups is 2. The average molecular weight is 302 g/mol. The van der Waals surface area contributed by atoms with Crippen molar-refractivity contribution in [3.8, 4) is 5.75 Å². The second kappa shape index (κ2) is 5.28. The molecule has 1 aliphatic rings. The molecule has 2 rings (SSSR count). The summed E-state index contributed by atoms with van der Waals surface area (Å²) < 4.78 is 19.4. The van der Waals surface area contributed by atoms with Gasteiger partial charge in [0.25, 0.3) is 0 Å². The zero-order valence-corrected chi connectivity index (χ0v) is 11.7. The lowest BCUT2D eigenvalue weighted by atomic mass is 9.91. The smallest absolute Gasteiger partial charge is 0.407 e. The minimum absolute atomic E-state index is 0.0267. The van der Waals surface area contributed by atoms with Gasteiger partial charge in [-0.05, 0) is 19.4 Å². The molecule has 1 heterocycles. The highest BCUT2D eigenvalue weighted by atomic mass is 35.5. The van der Waals surface area contributed by atoms with Crippen molar-refractivity contribution in [2.75, 3.05) is 13.7 Å². The van der Waals surface area contributed by atoms with Crippen LogP contribution in [-0.4, -0.2) is 35.5 Å². The molecule has 1 fully saturated rings. The number of nitrogens with zero attached hydrogens (tertiary/aromatic N) is 1. The van der Waals surface area contributed by atoms with Crippen LogP contribution in [-0.2, 0) is 0 Å². The van der Waals surface area contributed by atoms with Crippen molar-refractivity contribution in [2.45, 2.75) is 19.4 Å². The monoisotopic (exact) mass is 301 g/mol. The second-order valence-electron chi connectivity index (χ2n) is 4.50. The normalized spacial score (nSPS) is 17.6. The van der Waals surface area contributed by atoms with Crippen molar-refractivity contribution in [3.05, 3.63) is 28.0 Å². The molecular formula is C13H13ClFNO4. The van der Waals surface area contributed by atoms with Gasteiger partial charge in [-0.25, -0.2) is 9.18 Å². The van der Waals surface area contributed by atoms with Crippen molar-refractivity contribution < 1.29 is 23.8 Å². The molecule has 7 heteroatoms. The van der Waals surface area contributed by atoms with Gasteiger partial charge in [0.1, 0.15) is 5.75 Å². The van der Waals surface area contributed by atoms with E-state index in [0.717, 1.165) is 4.90 Å². The highest BCUT2D eigenvalue weighted by Gasteiger charge is 2.39. The number of Topliss-reactive ketones (excluding diaryl/α,β-unsaturated/α-hetero) is 1. The maximum Gasteiger partial charge on any atom is 0.407 e. The molecule has 0 aliphatic carbocycles. The maximum atomic E-state index is 14.3. The first-order valence-electron chi connectivity index (χ1n) is 5.94. The van der Waals surface area contributed by atoms with Gasteiger partial charge in [-0.15, -0.1) is 0 Å². The number of benzene rings is 1. The summed E-state index contributed by atoms with van der Waals surface area (Å²) in [6, 6.07) is 0.518. The van der Waals surface area contributed by atoms with E-state index in [2.05, 4.69) is 0 Å². The predicted octanol–water partition coefficient (Wildman–Crippen LogP) is 3.12. The predicted molar refractivity (Wildman–Crippen MR) is 70.1 cm³/mol. The third-order valence-corrected chi connectivity index (χ3v) is 3.66. The van der Waals surface area contributed by atoms with Gasteiger partial charge in [0, 0.05) is 6.54 Å². The van der Waals surface area contributed by atoms with Crippen LogP contribution in [0.5, 0.6) is 5.75 Å². The van der Waals surface area contributed by atoms with Gasteiger partial charge >= 0.3 is 6.09 Å². The molecule has 1 aromatic carbocycles. The summed E-state index contributed by atoms with van der Waals surface area (Å²) in [6.07, 6.45) is -0.691. The molecular weight excluding hydrogens is 289 g/mol. The van der Waals surface area contributed by atoms with Crippen LogP contribution in [0.25, 0.3) is 0 Å². The first-order valence-corrected chi connectivity index (χ1v) is 6.32. The Morgan fingerprint density at radius 3 is 2.60 bits per heavy atom. The van der Waals surface area contributed by atoms with E-state index in [9.17, 15) is 14.0 Å². The zero-order chi connectivity index (χ0) is 15.0. The Labute approximate surface area is 119 Å². The Kier molecular flexibility index (Phi) is 3.85. The number of hydrogen-bond acceptors (Lipinski definition) is 3. The summed E-state index contributed by atoms with van der Waals surface area (Å²) in [4.78, 5) is 23.7. The lowest BCUT2D eigenvalue weighted by molar-refractivity contribution is 0.0725. The molecule has 1 saturated heterocycles. The zero-order valence-electron chi connectivity index (χ0n) is 10.9. The molecule has 5 nitrogen and oxygen atoms in total. The Morgan fingerprint density at radius 1 is 1.55 bits per heavy atom. The SMILES string of the molecule is COc1c(C(C)=O)cc(Cl)c(F)c1C1CCN1C(=O)O. The van der Waals surface area contributed by atoms with E-state index in [-0.39, 0.29) is 27.7 Å². The lowest BCUT2D eigenvalue weighted by Gasteiger charge is -2.39. The summed E-state index contributed by atoms with van der Waals surface area (Å²) in [5, 5.41) is 8.81. The lowest BCUT2D eigenvalue weighted by Crippen LogP contribution is -2.44. The number of hydrogen-bond donors (Lipinski definition) is 1. The fourth-order valence-corrected chi connectivity index (χ4v) is 2.54. The van der Waals surface area contributed by atoms with E-state index in [1.807, 2.05) is 0 Å². The van der Waals surface area contributed by atoms with Crippen LogP contribution in [0.15, 0.2) is 6.07 Å². The highest BCUT2D eigenvalue weighted by Crippen LogP contribution is 2.43. The number of carboxylic acid groups (broad SMARTS) is 1. The molecule has 1 N–H and O–H groups in total. The minimum atomic E-state index is -1.15. The molecule has 1 aromatic rings. The van der Waals surface area contributed by atoms with Crippen molar-refractivity contribution in [2.24, 2.45) is 0 Å². The first kappa shape index (κ1) is 14.6. The van der Waals surface area contributed by atoms with Gasteiger partial charge in [0.15, 0.2) is 11.6 Å². The van der Waals surface area contributed by atoms with Crippen LogP contribution in [0.2, 0.25) is 5.02 Å². The van der Waals surface area contributed by atoms with Gasteiger partial charge in [0.2, 0.25) is 0 Å². The van der Waals surface area contributed by atoms with Gasteiger partial charge in [-0.3, -0.25) is 4.79 Å². The quantitative estimate of drug-likeness (QED) is 0.871. The average Bonchev–Trinajstić information content (AvgIpc) is 2.32. The number of ether oxygens (including phenoxy) is 1. The van der Waals surface area contributed by atoms with Gasteiger partial charge in [0.05, 0.1) is 29.3 Å². The summed E-state index contributed by atoms with van der Waals surface area (Å²) in [6.45, 7) is 1.62. The maximum absolute atomic E-state index is 14.3. The number of likely N-dealkylation sites (tertiary alicyclic amines) is 1. The van der Waals surface area contributed by atoms with E-state index in [1.165, 1.54) is 20.1 Å². The van der Waals surface area contributed by atoms with Gasteiger partial charge < -0.3 is 14.7 Å². The van der Waals surface area contributed by atoms with Crippen molar-refractivity contribution in [1.29, 1.82) is 0 Å². The fraction of sp³-hybridized carbons (Fsp3) is 0.385. The van der Waals surface area contributed by atoms with E-state index < -0.39 is 18.0 Å². The standard InChI is InChI=1S/C13H13ClFNO4/c1-6(17)7-5-8(14)11(15)10(12(7)20-2)9-3-4-16(9)13(18)19/h5,9H,3-4H2,1-2H3,(H,18,19). The molecule has 108 valence electrons. The molecule has 0 saturated carbocycles. The summed E-state index contributed by atoms with van der Waals surface area (Å²) in [5.74, 6) is -1.02. The largest absolute Gasteiger partial charge is 0.496 e. The molecule has 1 unspecified atom stereocenters. The molecule has 0 aromatic heterocycles. The topological polar surface area (TPSA) is 66.8 Å². The number of methoxy groups -OCH3 is 1. The van der Waals surface area contributed by atoms with Crippen LogP contribution >= 0.6 is 11.6 Å². The second-order valence-corrected chi connectivity index (χ2v) is 4.91. The molecule has 0 bridgehead atoms. The Bertz CT molecular complexity index is 590. The highest BCUT2D eigenvalue weighted by molar-refractivity contribution is 6.31. The number of carbonyl (C=O) groups excluding carboxylic acids is 1. The van der Waals surface area contributed by atoms with Gasteiger partial charge in [-0.2, -0.15) is 0 Å². The third-order valence-electron chi connectivity index (χ3n) is 3.39. The molecule has 0 radical (unpaired) electrons. The molecule has 1 atom stereocenters. The van der Waals surface area contributed by atoms with Crippen molar-refractivity contribution in [1.82, 2.24) is 4.90 Å². The summed E-state index contributed by atoms with van der Waals surface area (Å²) in [5.41, 5.74) is 0.171. The van der Waals surface area contributed by atoms with Crippen LogP contribution in [0.1, 0.15) is 35.3 Å². The number of ketones is 1. The van der Waals surface area contributed by atoms with E-state index in [1.54, 1.807) is 0 Å². The van der Waals surface area contributed by atoms with Gasteiger partial charge in [-0.1, -0.05) is 11.6 Å². The number of amides is 1. The van der Waals surface area contributed by atoms with Crippen molar-refractivity contribution >= 4 is 23.5 Å². The van der Waals surface area contributed by atoms with Crippen LogP contribution in [0.3, 0.4) is 0 Å². The minimum Gasteiger partial charge on any atom is -0.496 e. The van der Waals surface area contributed by atoms with Crippen molar-refractivity contribution in [3.63, 3.8) is 0 Å². The molecule has 1 amide bonds. The Morgan fingerprint density at radius 2 is 2.20 bits per heavy atom. The van der Waals surface area contributed by atoms with E-state index in [0.29, 0.717) is 13.0 Å². The van der Waals surface area contributed by atoms with Crippen LogP contribution < -0.4 is 4.74 Å². The number of halogens is 2. The third kappa shape index (κ3) is 2.20. The van der Waals surface area contributed by atoms with E-state index >= 15 is 0 Å². The molecule has 1 aliphatic heterocycles. The van der Waals surface area contributed by atoms with E-state index in [4.69, 9.17) is 21.4 Å². The Hall–Kier alpha value is -1.82. The first-order chi connectivity index (χ1) is 9.38. The fourth-order valence-electron chi connectivity index (χ4n) is 2.32. The summed E-state index contributed by atoms with van der Waals surface area (Å²) >= 11 is 5.80. The van der Waals surface area contributed by atoms with Crippen LogP contribution in [0.4, 0.5) is 9.18 Å².